The molecule has 3 rings (SSSR count). The predicted molar refractivity (Wildman–Crippen MR) is 124 cm³/mol. The first-order valence-corrected chi connectivity index (χ1v) is 13.8. The van der Waals surface area contributed by atoms with Gasteiger partial charge in [0.15, 0.2) is 0 Å². The van der Waals surface area contributed by atoms with Crippen molar-refractivity contribution in [3.05, 3.63) is 59.1 Å². The average Bonchev–Trinajstić information content (AvgIpc) is 2.75. The van der Waals surface area contributed by atoms with E-state index in [2.05, 4.69) is 5.32 Å². The topological polar surface area (TPSA) is 104 Å². The molecule has 11 heteroatoms. The number of halogens is 1. The smallest absolute Gasteiger partial charge is 0.243 e. The maximum Gasteiger partial charge on any atom is 0.243 e. The Kier molecular flexibility index (Phi) is 7.94. The van der Waals surface area contributed by atoms with Gasteiger partial charge in [0.2, 0.25) is 26.0 Å². The number of anilines is 1. The lowest BCUT2D eigenvalue weighted by Gasteiger charge is -2.25. The molecule has 0 spiro atoms. The average molecular weight is 500 g/mol. The molecule has 1 saturated heterocycles. The van der Waals surface area contributed by atoms with Crippen molar-refractivity contribution in [1.29, 1.82) is 0 Å². The summed E-state index contributed by atoms with van der Waals surface area (Å²) in [4.78, 5) is 12.7. The molecule has 2 aromatic rings. The van der Waals surface area contributed by atoms with E-state index in [0.29, 0.717) is 29.4 Å². The first-order valence-electron chi connectivity index (χ1n) is 10.2. The molecule has 0 radical (unpaired) electrons. The van der Waals surface area contributed by atoms with Gasteiger partial charge in [-0.15, -0.1) is 0 Å². The third kappa shape index (κ3) is 6.29. The number of benzene rings is 2. The summed E-state index contributed by atoms with van der Waals surface area (Å²) in [5, 5.41) is 3.03. The Morgan fingerprint density at radius 1 is 1.00 bits per heavy atom. The molecule has 1 N–H and O–H groups in total. The molecular weight excluding hydrogens is 474 g/mol. The fraction of sp³-hybridized carbons (Fsp3) is 0.381. The van der Waals surface area contributed by atoms with Crippen LogP contribution in [0.5, 0.6) is 0 Å². The van der Waals surface area contributed by atoms with Crippen molar-refractivity contribution < 1.29 is 21.6 Å². The Balaban J connectivity index is 1.67. The summed E-state index contributed by atoms with van der Waals surface area (Å²) in [6, 6.07) is 12.7. The maximum atomic E-state index is 12.7. The third-order valence-corrected chi connectivity index (χ3v) is 8.66. The van der Waals surface area contributed by atoms with Crippen LogP contribution >= 0.6 is 11.6 Å². The lowest BCUT2D eigenvalue weighted by Crippen LogP contribution is -2.37. The zero-order valence-electron chi connectivity index (χ0n) is 17.7. The first kappa shape index (κ1) is 24.7. The zero-order valence-corrected chi connectivity index (χ0v) is 20.1. The summed E-state index contributed by atoms with van der Waals surface area (Å²) in [5.41, 5.74) is 0.957. The van der Waals surface area contributed by atoms with E-state index in [9.17, 15) is 21.6 Å². The molecule has 0 aromatic heterocycles. The fourth-order valence-corrected chi connectivity index (χ4v) is 5.87. The van der Waals surface area contributed by atoms with E-state index in [0.717, 1.165) is 29.8 Å². The molecule has 174 valence electrons. The number of sulfonamides is 2. The minimum absolute atomic E-state index is 0.0427. The largest absolute Gasteiger partial charge is 0.325 e. The van der Waals surface area contributed by atoms with Crippen molar-refractivity contribution >= 4 is 43.2 Å². The lowest BCUT2D eigenvalue weighted by atomic mass is 10.2. The number of hydrogen-bond acceptors (Lipinski definition) is 5. The summed E-state index contributed by atoms with van der Waals surface area (Å²) >= 11 is 6.12. The van der Waals surface area contributed by atoms with Crippen LogP contribution in [-0.2, 0) is 31.4 Å². The van der Waals surface area contributed by atoms with Gasteiger partial charge >= 0.3 is 0 Å². The van der Waals surface area contributed by atoms with Crippen LogP contribution in [0.15, 0.2) is 53.4 Å². The number of piperidine rings is 1. The molecule has 0 bridgehead atoms. The fourth-order valence-electron chi connectivity index (χ4n) is 3.43. The highest BCUT2D eigenvalue weighted by Gasteiger charge is 2.26. The van der Waals surface area contributed by atoms with Gasteiger partial charge < -0.3 is 5.32 Å². The Morgan fingerprint density at radius 2 is 1.62 bits per heavy atom. The second-order valence-electron chi connectivity index (χ2n) is 7.66. The number of carbonyl (C=O) groups excluding carboxylic acids is 1. The number of nitrogens with zero attached hydrogens (tertiary/aromatic N) is 2. The van der Waals surface area contributed by atoms with Crippen LogP contribution in [0, 0.1) is 0 Å². The predicted octanol–water partition coefficient (Wildman–Crippen LogP) is 2.91. The number of amides is 1. The molecular formula is C21H26ClN3O5S2. The Hall–Kier alpha value is -1.98. The van der Waals surface area contributed by atoms with Gasteiger partial charge in [0.25, 0.3) is 0 Å². The van der Waals surface area contributed by atoms with Gasteiger partial charge in [-0.25, -0.2) is 16.8 Å². The molecule has 0 unspecified atom stereocenters. The van der Waals surface area contributed by atoms with Crippen LogP contribution in [0.4, 0.5) is 5.69 Å². The third-order valence-electron chi connectivity index (χ3n) is 5.18. The van der Waals surface area contributed by atoms with Crippen LogP contribution in [0.2, 0.25) is 5.02 Å². The molecule has 0 atom stereocenters. The Labute approximate surface area is 194 Å². The zero-order chi connectivity index (χ0) is 23.4. The van der Waals surface area contributed by atoms with Crippen LogP contribution in [0.25, 0.3) is 0 Å². The highest BCUT2D eigenvalue weighted by Crippen LogP contribution is 2.22. The first-order chi connectivity index (χ1) is 15.1. The molecule has 0 saturated carbocycles. The number of carbonyl (C=O) groups is 1. The van der Waals surface area contributed by atoms with E-state index in [1.54, 1.807) is 24.3 Å². The lowest BCUT2D eigenvalue weighted by molar-refractivity contribution is -0.116. The summed E-state index contributed by atoms with van der Waals surface area (Å²) in [6.07, 6.45) is 3.74. The van der Waals surface area contributed by atoms with Crippen molar-refractivity contribution in [3.8, 4) is 0 Å². The molecule has 2 aromatic carbocycles. The molecule has 8 nitrogen and oxygen atoms in total. The molecule has 1 amide bonds. The van der Waals surface area contributed by atoms with Crippen molar-refractivity contribution in [2.45, 2.75) is 30.7 Å². The van der Waals surface area contributed by atoms with Crippen LogP contribution in [-0.4, -0.2) is 57.2 Å². The van der Waals surface area contributed by atoms with Crippen LogP contribution in [0.1, 0.15) is 24.8 Å². The molecule has 1 heterocycles. The molecule has 1 aliphatic heterocycles. The van der Waals surface area contributed by atoms with E-state index in [4.69, 9.17) is 11.6 Å². The highest BCUT2D eigenvalue weighted by molar-refractivity contribution is 7.89. The second-order valence-corrected chi connectivity index (χ2v) is 12.0. The van der Waals surface area contributed by atoms with E-state index >= 15 is 0 Å². The number of rotatable bonds is 8. The molecule has 1 aliphatic rings. The summed E-state index contributed by atoms with van der Waals surface area (Å²) in [5.74, 6) is -0.547. The van der Waals surface area contributed by atoms with Gasteiger partial charge in [0.05, 0.1) is 17.7 Å². The van der Waals surface area contributed by atoms with Crippen LogP contribution in [0.3, 0.4) is 0 Å². The van der Waals surface area contributed by atoms with Crippen molar-refractivity contribution in [1.82, 2.24) is 8.61 Å². The van der Waals surface area contributed by atoms with Crippen molar-refractivity contribution in [2.75, 3.05) is 31.2 Å². The van der Waals surface area contributed by atoms with Gasteiger partial charge in [0, 0.05) is 30.3 Å². The summed E-state index contributed by atoms with van der Waals surface area (Å²) in [7, 11) is -7.24. The standard InChI is InChI=1S/C21H26ClN3O5S2/c1-31(27,28)25(15-17-7-3-4-8-20(17)22)16-21(26)23-18-9-11-19(12-10-18)32(29,30)24-13-5-2-6-14-24/h3-4,7-12H,2,5-6,13-16H2,1H3,(H,23,26). The Bertz CT molecular complexity index is 1160. The van der Waals surface area contributed by atoms with Gasteiger partial charge in [-0.3, -0.25) is 4.79 Å². The van der Waals surface area contributed by atoms with Crippen molar-refractivity contribution in [3.63, 3.8) is 0 Å². The summed E-state index contributed by atoms with van der Waals surface area (Å²) < 4.78 is 52.3. The monoisotopic (exact) mass is 499 g/mol. The highest BCUT2D eigenvalue weighted by atomic mass is 35.5. The van der Waals surface area contributed by atoms with Gasteiger partial charge in [-0.05, 0) is 48.7 Å². The quantitative estimate of drug-likeness (QED) is 0.601. The van der Waals surface area contributed by atoms with E-state index in [1.165, 1.54) is 28.6 Å². The van der Waals surface area contributed by atoms with Crippen molar-refractivity contribution in [2.24, 2.45) is 0 Å². The normalized spacial score (nSPS) is 15.6. The number of nitrogens with one attached hydrogen (secondary N) is 1. The molecule has 0 aliphatic carbocycles. The Morgan fingerprint density at radius 3 is 2.22 bits per heavy atom. The second kappa shape index (κ2) is 10.3. The molecule has 1 fully saturated rings. The van der Waals surface area contributed by atoms with E-state index in [1.807, 2.05) is 0 Å². The van der Waals surface area contributed by atoms with E-state index in [-0.39, 0.29) is 11.4 Å². The minimum Gasteiger partial charge on any atom is -0.325 e. The minimum atomic E-state index is -3.68. The van der Waals surface area contributed by atoms with Gasteiger partial charge in [-0.1, -0.05) is 36.2 Å². The summed E-state index contributed by atoms with van der Waals surface area (Å²) in [6.45, 7) is 0.567. The van der Waals surface area contributed by atoms with Gasteiger partial charge in [-0.2, -0.15) is 8.61 Å². The van der Waals surface area contributed by atoms with E-state index < -0.39 is 32.5 Å². The van der Waals surface area contributed by atoms with Gasteiger partial charge in [0.1, 0.15) is 0 Å². The maximum absolute atomic E-state index is 12.7. The van der Waals surface area contributed by atoms with Crippen LogP contribution < -0.4 is 5.32 Å². The number of hydrogen-bond donors (Lipinski definition) is 1. The SMILES string of the molecule is CS(=O)(=O)N(CC(=O)Nc1ccc(S(=O)(=O)N2CCCCC2)cc1)Cc1ccccc1Cl. The molecule has 32 heavy (non-hydrogen) atoms.